The third-order valence-electron chi connectivity index (χ3n) is 2.52. The molecule has 0 radical (unpaired) electrons. The van der Waals surface area contributed by atoms with Gasteiger partial charge in [0.2, 0.25) is 0 Å². The second-order valence-corrected chi connectivity index (χ2v) is 3.98. The van der Waals surface area contributed by atoms with E-state index < -0.39 is 0 Å². The Kier molecular flexibility index (Phi) is 7.98. The summed E-state index contributed by atoms with van der Waals surface area (Å²) < 4.78 is 10.5. The number of epoxide rings is 1. The molecule has 100 valence electrons. The molecule has 0 N–H and O–H groups in total. The highest BCUT2D eigenvalue weighted by molar-refractivity contribution is 5.00. The van der Waals surface area contributed by atoms with E-state index in [1.165, 1.54) is 18.6 Å². The van der Waals surface area contributed by atoms with Crippen molar-refractivity contribution in [2.45, 2.75) is 39.2 Å². The van der Waals surface area contributed by atoms with E-state index in [1.807, 2.05) is 50.2 Å². The van der Waals surface area contributed by atoms with Crippen LogP contribution in [0.15, 0.2) is 48.2 Å². The summed E-state index contributed by atoms with van der Waals surface area (Å²) in [5, 5.41) is 0. The van der Waals surface area contributed by atoms with E-state index in [-0.39, 0.29) is 0 Å². The first-order valence-electron chi connectivity index (χ1n) is 6.88. The molecule has 2 heteroatoms. The van der Waals surface area contributed by atoms with E-state index in [1.54, 1.807) is 0 Å². The van der Waals surface area contributed by atoms with Gasteiger partial charge in [-0.05, 0) is 18.9 Å². The maximum absolute atomic E-state index is 5.46. The van der Waals surface area contributed by atoms with Crippen molar-refractivity contribution in [3.8, 4) is 0 Å². The molecule has 0 aromatic heterocycles. The maximum atomic E-state index is 5.46. The second kappa shape index (κ2) is 9.72. The fourth-order valence-electron chi connectivity index (χ4n) is 1.52. The summed E-state index contributed by atoms with van der Waals surface area (Å²) in [6.07, 6.45) is 6.18. The highest BCUT2D eigenvalue weighted by Crippen LogP contribution is 2.20. The van der Waals surface area contributed by atoms with Crippen molar-refractivity contribution in [1.29, 1.82) is 0 Å². The van der Waals surface area contributed by atoms with E-state index in [9.17, 15) is 0 Å². The Bertz CT molecular complexity index is 288. The molecule has 1 aromatic rings. The molecule has 0 bridgehead atoms. The number of ether oxygens (including phenoxy) is 2. The molecular weight excluding hydrogens is 224 g/mol. The molecule has 0 amide bonds. The van der Waals surface area contributed by atoms with Crippen LogP contribution >= 0.6 is 0 Å². The van der Waals surface area contributed by atoms with Crippen LogP contribution in [0.3, 0.4) is 0 Å². The zero-order valence-electron chi connectivity index (χ0n) is 11.5. The number of rotatable bonds is 3. The molecular formula is C16H24O2. The van der Waals surface area contributed by atoms with Gasteiger partial charge in [0.1, 0.15) is 12.7 Å². The monoisotopic (exact) mass is 248 g/mol. The molecule has 1 fully saturated rings. The van der Waals surface area contributed by atoms with E-state index in [0.29, 0.717) is 6.10 Å². The van der Waals surface area contributed by atoms with Crippen molar-refractivity contribution in [1.82, 2.24) is 0 Å². The van der Waals surface area contributed by atoms with Crippen LogP contribution in [-0.2, 0) is 9.47 Å². The lowest BCUT2D eigenvalue weighted by atomic mass is 10.4. The van der Waals surface area contributed by atoms with Crippen molar-refractivity contribution in [2.75, 3.05) is 13.2 Å². The Morgan fingerprint density at radius 1 is 1.11 bits per heavy atom. The van der Waals surface area contributed by atoms with Gasteiger partial charge in [-0.15, -0.1) is 0 Å². The van der Waals surface area contributed by atoms with Gasteiger partial charge in [0.05, 0.1) is 12.4 Å². The van der Waals surface area contributed by atoms with Crippen LogP contribution in [0.1, 0.15) is 33.1 Å². The van der Waals surface area contributed by atoms with Crippen LogP contribution in [0.4, 0.5) is 0 Å². The van der Waals surface area contributed by atoms with Gasteiger partial charge in [0.15, 0.2) is 0 Å². The topological polar surface area (TPSA) is 21.8 Å². The van der Waals surface area contributed by atoms with Crippen molar-refractivity contribution >= 4 is 0 Å². The SMILES string of the molecule is C1=C(OCC2CO2)CCC1.CC.c1ccccc1. The Labute approximate surface area is 111 Å². The van der Waals surface area contributed by atoms with Crippen molar-refractivity contribution in [3.05, 3.63) is 48.2 Å². The highest BCUT2D eigenvalue weighted by Gasteiger charge is 2.23. The Morgan fingerprint density at radius 2 is 1.67 bits per heavy atom. The first kappa shape index (κ1) is 14.8. The minimum absolute atomic E-state index is 0.404. The molecule has 1 unspecified atom stereocenters. The smallest absolute Gasteiger partial charge is 0.116 e. The first-order chi connectivity index (χ1) is 8.95. The summed E-state index contributed by atoms with van der Waals surface area (Å²) in [6, 6.07) is 12.0. The maximum Gasteiger partial charge on any atom is 0.116 e. The normalized spacial score (nSPS) is 19.7. The number of hydrogen-bond acceptors (Lipinski definition) is 2. The van der Waals surface area contributed by atoms with Gasteiger partial charge in [-0.3, -0.25) is 0 Å². The fraction of sp³-hybridized carbons (Fsp3) is 0.500. The second-order valence-electron chi connectivity index (χ2n) is 3.98. The Balaban J connectivity index is 0.000000174. The molecule has 1 aromatic carbocycles. The van der Waals surface area contributed by atoms with Gasteiger partial charge in [-0.1, -0.05) is 50.2 Å². The minimum atomic E-state index is 0.404. The van der Waals surface area contributed by atoms with Gasteiger partial charge < -0.3 is 9.47 Å². The number of allylic oxidation sites excluding steroid dienone is 2. The van der Waals surface area contributed by atoms with E-state index >= 15 is 0 Å². The third kappa shape index (κ3) is 7.13. The van der Waals surface area contributed by atoms with E-state index in [4.69, 9.17) is 9.47 Å². The van der Waals surface area contributed by atoms with Crippen LogP contribution in [0.25, 0.3) is 0 Å². The molecule has 1 atom stereocenters. The van der Waals surface area contributed by atoms with Crippen molar-refractivity contribution < 1.29 is 9.47 Å². The highest BCUT2D eigenvalue weighted by atomic mass is 16.6. The summed E-state index contributed by atoms with van der Waals surface area (Å²) in [7, 11) is 0. The van der Waals surface area contributed by atoms with E-state index in [2.05, 4.69) is 6.08 Å². The Morgan fingerprint density at radius 3 is 2.06 bits per heavy atom. The third-order valence-corrected chi connectivity index (χ3v) is 2.52. The first-order valence-corrected chi connectivity index (χ1v) is 6.88. The standard InChI is InChI=1S/C8H12O2.C6H6.C2H6/c1-2-4-7(3-1)9-5-8-6-10-8;1-2-4-6-5-3-1;1-2/h3,8H,1-2,4-6H2;1-6H;1-2H3. The molecule has 1 saturated heterocycles. The lowest BCUT2D eigenvalue weighted by Gasteiger charge is -2.02. The average Bonchev–Trinajstić information content (AvgIpc) is 3.16. The summed E-state index contributed by atoms with van der Waals surface area (Å²) >= 11 is 0. The summed E-state index contributed by atoms with van der Waals surface area (Å²) in [4.78, 5) is 0. The molecule has 1 aliphatic heterocycles. The number of hydrogen-bond donors (Lipinski definition) is 0. The molecule has 0 saturated carbocycles. The fourth-order valence-corrected chi connectivity index (χ4v) is 1.52. The molecule has 18 heavy (non-hydrogen) atoms. The largest absolute Gasteiger partial charge is 0.495 e. The summed E-state index contributed by atoms with van der Waals surface area (Å²) in [5.41, 5.74) is 0. The molecule has 2 aliphatic rings. The quantitative estimate of drug-likeness (QED) is 0.748. The van der Waals surface area contributed by atoms with Gasteiger partial charge >= 0.3 is 0 Å². The number of benzene rings is 1. The van der Waals surface area contributed by atoms with Gasteiger partial charge in [0.25, 0.3) is 0 Å². The minimum Gasteiger partial charge on any atom is -0.495 e. The summed E-state index contributed by atoms with van der Waals surface area (Å²) in [6.45, 7) is 5.67. The molecule has 3 rings (SSSR count). The van der Waals surface area contributed by atoms with Crippen LogP contribution < -0.4 is 0 Å². The van der Waals surface area contributed by atoms with Gasteiger partial charge in [-0.25, -0.2) is 0 Å². The lowest BCUT2D eigenvalue weighted by molar-refractivity contribution is 0.178. The van der Waals surface area contributed by atoms with Gasteiger partial charge in [-0.2, -0.15) is 0 Å². The van der Waals surface area contributed by atoms with Crippen LogP contribution in [0.2, 0.25) is 0 Å². The van der Waals surface area contributed by atoms with Crippen LogP contribution in [0, 0.1) is 0 Å². The molecule has 0 spiro atoms. The molecule has 1 heterocycles. The zero-order valence-corrected chi connectivity index (χ0v) is 11.5. The Hall–Kier alpha value is -1.28. The van der Waals surface area contributed by atoms with Crippen LogP contribution in [-0.4, -0.2) is 19.3 Å². The average molecular weight is 248 g/mol. The van der Waals surface area contributed by atoms with Gasteiger partial charge in [0, 0.05) is 6.42 Å². The van der Waals surface area contributed by atoms with Crippen molar-refractivity contribution in [3.63, 3.8) is 0 Å². The van der Waals surface area contributed by atoms with Crippen LogP contribution in [0.5, 0.6) is 0 Å². The van der Waals surface area contributed by atoms with Crippen molar-refractivity contribution in [2.24, 2.45) is 0 Å². The zero-order chi connectivity index (χ0) is 13.1. The predicted molar refractivity (Wildman–Crippen MR) is 75.4 cm³/mol. The van der Waals surface area contributed by atoms with E-state index in [0.717, 1.165) is 19.6 Å². The molecule has 1 aliphatic carbocycles. The predicted octanol–water partition coefficient (Wildman–Crippen LogP) is 4.18. The summed E-state index contributed by atoms with van der Waals surface area (Å²) in [5.74, 6) is 1.18. The molecule has 2 nitrogen and oxygen atoms in total. The lowest BCUT2D eigenvalue weighted by Crippen LogP contribution is -1.99.